The van der Waals surface area contributed by atoms with Gasteiger partial charge in [-0.3, -0.25) is 4.79 Å². The summed E-state index contributed by atoms with van der Waals surface area (Å²) in [5.74, 6) is 0.623. The first kappa shape index (κ1) is 22.5. The van der Waals surface area contributed by atoms with Crippen molar-refractivity contribution in [1.82, 2.24) is 9.55 Å². The number of esters is 1. The molecular weight excluding hydrogens is 313 g/mol. The van der Waals surface area contributed by atoms with Gasteiger partial charge in [-0.25, -0.2) is 4.98 Å². The summed E-state index contributed by atoms with van der Waals surface area (Å²) in [6, 6.07) is 0. The Hall–Kier alpha value is -0.780. The Morgan fingerprint density at radius 2 is 2.10 bits per heavy atom. The summed E-state index contributed by atoms with van der Waals surface area (Å²) in [4.78, 5) is 15.7. The standard InChI is InChI=1S/C14H25N3O2.2ClH/c1-11(2)6-12(8-15)7-14(18)19-5-4-13-9-16-10-17(13)3;;/h9-12H,4-8,15H2,1-3H3;2*1H/t12-;;/m0../s1. The molecule has 1 aromatic rings. The van der Waals surface area contributed by atoms with Crippen molar-refractivity contribution in [3.63, 3.8) is 0 Å². The fourth-order valence-electron chi connectivity index (χ4n) is 2.12. The molecule has 0 aliphatic carbocycles. The zero-order chi connectivity index (χ0) is 14.3. The van der Waals surface area contributed by atoms with Crippen molar-refractivity contribution in [3.8, 4) is 0 Å². The Morgan fingerprint density at radius 1 is 1.43 bits per heavy atom. The van der Waals surface area contributed by atoms with E-state index in [0.29, 0.717) is 31.9 Å². The molecule has 7 heteroatoms. The number of halogens is 2. The van der Waals surface area contributed by atoms with Crippen molar-refractivity contribution in [3.05, 3.63) is 18.2 Å². The Balaban J connectivity index is 0. The smallest absolute Gasteiger partial charge is 0.306 e. The Labute approximate surface area is 139 Å². The van der Waals surface area contributed by atoms with E-state index in [1.54, 1.807) is 12.5 Å². The quantitative estimate of drug-likeness (QED) is 0.738. The maximum Gasteiger partial charge on any atom is 0.306 e. The lowest BCUT2D eigenvalue weighted by atomic mass is 9.94. The highest BCUT2D eigenvalue weighted by Crippen LogP contribution is 2.14. The van der Waals surface area contributed by atoms with Crippen LogP contribution in [-0.4, -0.2) is 28.7 Å². The van der Waals surface area contributed by atoms with Gasteiger partial charge in [0, 0.05) is 31.8 Å². The molecule has 1 rings (SSSR count). The monoisotopic (exact) mass is 339 g/mol. The van der Waals surface area contributed by atoms with Gasteiger partial charge in [0.1, 0.15) is 0 Å². The Kier molecular flexibility index (Phi) is 12.7. The molecule has 1 aromatic heterocycles. The van der Waals surface area contributed by atoms with E-state index in [1.807, 2.05) is 11.6 Å². The van der Waals surface area contributed by atoms with E-state index in [4.69, 9.17) is 10.5 Å². The zero-order valence-corrected chi connectivity index (χ0v) is 14.6. The van der Waals surface area contributed by atoms with Crippen LogP contribution < -0.4 is 5.73 Å². The topological polar surface area (TPSA) is 70.1 Å². The predicted molar refractivity (Wildman–Crippen MR) is 89.0 cm³/mol. The second kappa shape index (κ2) is 11.8. The molecule has 0 aromatic carbocycles. The summed E-state index contributed by atoms with van der Waals surface area (Å²) in [5.41, 5.74) is 6.74. The molecule has 124 valence electrons. The lowest BCUT2D eigenvalue weighted by molar-refractivity contribution is -0.144. The van der Waals surface area contributed by atoms with Crippen LogP contribution in [0.2, 0.25) is 0 Å². The fourth-order valence-corrected chi connectivity index (χ4v) is 2.12. The molecule has 0 aliphatic heterocycles. The third-order valence-electron chi connectivity index (χ3n) is 3.13. The molecule has 0 unspecified atom stereocenters. The van der Waals surface area contributed by atoms with Gasteiger partial charge in [0.25, 0.3) is 0 Å². The second-order valence-electron chi connectivity index (χ2n) is 5.40. The van der Waals surface area contributed by atoms with Gasteiger partial charge < -0.3 is 15.0 Å². The number of ether oxygens (including phenoxy) is 1. The maximum absolute atomic E-state index is 11.7. The lowest BCUT2D eigenvalue weighted by Gasteiger charge is -2.16. The minimum Gasteiger partial charge on any atom is -0.465 e. The fraction of sp³-hybridized carbons (Fsp3) is 0.714. The molecule has 0 radical (unpaired) electrons. The SMILES string of the molecule is CC(C)C[C@H](CN)CC(=O)OCCc1cncn1C.Cl.Cl. The Bertz CT molecular complexity index is 397. The van der Waals surface area contributed by atoms with Crippen molar-refractivity contribution < 1.29 is 9.53 Å². The minimum absolute atomic E-state index is 0. The highest BCUT2D eigenvalue weighted by molar-refractivity contribution is 5.85. The average molecular weight is 340 g/mol. The highest BCUT2D eigenvalue weighted by atomic mass is 35.5. The van der Waals surface area contributed by atoms with Gasteiger partial charge in [-0.1, -0.05) is 13.8 Å². The van der Waals surface area contributed by atoms with Crippen molar-refractivity contribution in [2.24, 2.45) is 24.6 Å². The van der Waals surface area contributed by atoms with Gasteiger partial charge in [-0.15, -0.1) is 24.8 Å². The summed E-state index contributed by atoms with van der Waals surface area (Å²) in [5, 5.41) is 0. The van der Waals surface area contributed by atoms with Crippen molar-refractivity contribution in [2.75, 3.05) is 13.2 Å². The number of aryl methyl sites for hydroxylation is 1. The molecule has 0 saturated carbocycles. The van der Waals surface area contributed by atoms with Crippen LogP contribution in [-0.2, 0) is 23.0 Å². The number of nitrogens with two attached hydrogens (primary N) is 1. The number of aromatic nitrogens is 2. The van der Waals surface area contributed by atoms with Crippen LogP contribution >= 0.6 is 24.8 Å². The van der Waals surface area contributed by atoms with Crippen molar-refractivity contribution >= 4 is 30.8 Å². The number of rotatable bonds is 8. The average Bonchev–Trinajstić information content (AvgIpc) is 2.73. The number of hydrogen-bond acceptors (Lipinski definition) is 4. The largest absolute Gasteiger partial charge is 0.465 e. The first-order chi connectivity index (χ1) is 9.02. The maximum atomic E-state index is 11.7. The van der Waals surface area contributed by atoms with E-state index >= 15 is 0 Å². The number of carbonyl (C=O) groups excluding carboxylic acids is 1. The molecule has 0 bridgehead atoms. The van der Waals surface area contributed by atoms with Crippen LogP contribution in [0.15, 0.2) is 12.5 Å². The van der Waals surface area contributed by atoms with Gasteiger partial charge in [-0.2, -0.15) is 0 Å². The highest BCUT2D eigenvalue weighted by Gasteiger charge is 2.15. The van der Waals surface area contributed by atoms with Gasteiger partial charge in [0.2, 0.25) is 0 Å². The molecule has 0 fully saturated rings. The summed E-state index contributed by atoms with van der Waals surface area (Å²) < 4.78 is 7.17. The van der Waals surface area contributed by atoms with E-state index in [2.05, 4.69) is 18.8 Å². The molecule has 1 atom stereocenters. The van der Waals surface area contributed by atoms with E-state index in [9.17, 15) is 4.79 Å². The molecule has 0 saturated heterocycles. The van der Waals surface area contributed by atoms with Gasteiger partial charge in [0.15, 0.2) is 0 Å². The lowest BCUT2D eigenvalue weighted by Crippen LogP contribution is -2.21. The third kappa shape index (κ3) is 8.96. The van der Waals surface area contributed by atoms with Gasteiger partial charge >= 0.3 is 5.97 Å². The Morgan fingerprint density at radius 3 is 2.57 bits per heavy atom. The van der Waals surface area contributed by atoms with Crippen LogP contribution in [0.1, 0.15) is 32.4 Å². The molecular formula is C14H27Cl2N3O2. The van der Waals surface area contributed by atoms with Crippen LogP contribution in [0.5, 0.6) is 0 Å². The number of nitrogens with zero attached hydrogens (tertiary/aromatic N) is 2. The number of hydrogen-bond donors (Lipinski definition) is 1. The van der Waals surface area contributed by atoms with E-state index < -0.39 is 0 Å². The first-order valence-electron chi connectivity index (χ1n) is 6.83. The van der Waals surface area contributed by atoms with Crippen molar-refractivity contribution in [2.45, 2.75) is 33.1 Å². The number of carbonyl (C=O) groups is 1. The molecule has 0 spiro atoms. The summed E-state index contributed by atoms with van der Waals surface area (Å²) >= 11 is 0. The third-order valence-corrected chi connectivity index (χ3v) is 3.13. The van der Waals surface area contributed by atoms with Crippen LogP contribution in [0.3, 0.4) is 0 Å². The normalized spacial score (nSPS) is 11.5. The van der Waals surface area contributed by atoms with Gasteiger partial charge in [-0.05, 0) is 24.8 Å². The zero-order valence-electron chi connectivity index (χ0n) is 12.9. The van der Waals surface area contributed by atoms with Crippen LogP contribution in [0, 0.1) is 11.8 Å². The minimum atomic E-state index is -0.154. The van der Waals surface area contributed by atoms with Crippen molar-refractivity contribution in [1.29, 1.82) is 0 Å². The summed E-state index contributed by atoms with van der Waals surface area (Å²) in [7, 11) is 1.93. The molecule has 21 heavy (non-hydrogen) atoms. The molecule has 0 amide bonds. The first-order valence-corrected chi connectivity index (χ1v) is 6.83. The van der Waals surface area contributed by atoms with E-state index in [-0.39, 0.29) is 36.7 Å². The van der Waals surface area contributed by atoms with Crippen LogP contribution in [0.4, 0.5) is 0 Å². The van der Waals surface area contributed by atoms with E-state index in [1.165, 1.54) is 0 Å². The van der Waals surface area contributed by atoms with Crippen LogP contribution in [0.25, 0.3) is 0 Å². The predicted octanol–water partition coefficient (Wildman–Crippen LogP) is 2.36. The molecule has 0 aliphatic rings. The summed E-state index contributed by atoms with van der Waals surface area (Å²) in [6.07, 6.45) is 5.60. The molecule has 5 nitrogen and oxygen atoms in total. The molecule has 1 heterocycles. The van der Waals surface area contributed by atoms with Gasteiger partial charge in [0.05, 0.1) is 12.9 Å². The number of imidazole rings is 1. The van der Waals surface area contributed by atoms with E-state index in [0.717, 1.165) is 12.1 Å². The summed E-state index contributed by atoms with van der Waals surface area (Å²) in [6.45, 7) is 5.21. The second-order valence-corrected chi connectivity index (χ2v) is 5.40. The molecule has 2 N–H and O–H groups in total.